The molecule has 2 heterocycles. The van der Waals surface area contributed by atoms with Gasteiger partial charge in [0.1, 0.15) is 5.01 Å². The van der Waals surface area contributed by atoms with Crippen LogP contribution in [0.5, 0.6) is 0 Å². The summed E-state index contributed by atoms with van der Waals surface area (Å²) in [7, 11) is 0. The van der Waals surface area contributed by atoms with Crippen LogP contribution in [0.1, 0.15) is 42.9 Å². The second-order valence-electron chi connectivity index (χ2n) is 3.87. The molecule has 0 spiro atoms. The van der Waals surface area contributed by atoms with Crippen LogP contribution in [0.4, 0.5) is 0 Å². The Morgan fingerprint density at radius 1 is 1.67 bits per heavy atom. The van der Waals surface area contributed by atoms with Gasteiger partial charge in [0.15, 0.2) is 0 Å². The average molecular weight is 242 g/mol. The summed E-state index contributed by atoms with van der Waals surface area (Å²) in [5.41, 5.74) is 1.27. The molecule has 84 valence electrons. The highest BCUT2D eigenvalue weighted by atomic mass is 32.2. The van der Waals surface area contributed by atoms with E-state index >= 15 is 0 Å². The van der Waals surface area contributed by atoms with Gasteiger partial charge in [-0.1, -0.05) is 6.92 Å². The molecule has 2 nitrogen and oxygen atoms in total. The normalized spacial score (nSPS) is 21.0. The molecule has 0 bridgehead atoms. The van der Waals surface area contributed by atoms with Gasteiger partial charge in [-0.2, -0.15) is 11.8 Å². The number of aromatic nitrogens is 1. The van der Waals surface area contributed by atoms with Crippen molar-refractivity contribution in [3.63, 3.8) is 0 Å². The van der Waals surface area contributed by atoms with Crippen LogP contribution in [-0.4, -0.2) is 17.3 Å². The summed E-state index contributed by atoms with van der Waals surface area (Å²) >= 11 is 3.80. The van der Waals surface area contributed by atoms with Gasteiger partial charge in [-0.25, -0.2) is 4.98 Å². The van der Waals surface area contributed by atoms with Crippen molar-refractivity contribution < 1.29 is 0 Å². The molecule has 0 radical (unpaired) electrons. The van der Waals surface area contributed by atoms with E-state index in [0.29, 0.717) is 6.04 Å². The van der Waals surface area contributed by atoms with E-state index in [0.717, 1.165) is 12.3 Å². The summed E-state index contributed by atoms with van der Waals surface area (Å²) in [6.07, 6.45) is 3.81. The number of nitrogens with one attached hydrogen (secondary N) is 1. The first-order chi connectivity index (χ1) is 7.40. The maximum Gasteiger partial charge on any atom is 0.103 e. The van der Waals surface area contributed by atoms with Gasteiger partial charge >= 0.3 is 0 Å². The third kappa shape index (κ3) is 3.20. The zero-order chi connectivity index (χ0) is 10.5. The van der Waals surface area contributed by atoms with Crippen molar-refractivity contribution in [2.24, 2.45) is 0 Å². The first kappa shape index (κ1) is 11.4. The molecule has 1 atom stereocenters. The van der Waals surface area contributed by atoms with Gasteiger partial charge in [-0.05, 0) is 31.6 Å². The van der Waals surface area contributed by atoms with E-state index in [9.17, 15) is 0 Å². The second kappa shape index (κ2) is 5.87. The summed E-state index contributed by atoms with van der Waals surface area (Å²) in [6.45, 7) is 3.38. The lowest BCUT2D eigenvalue weighted by Gasteiger charge is -2.04. The number of thioether (sulfide) groups is 1. The van der Waals surface area contributed by atoms with Gasteiger partial charge < -0.3 is 5.32 Å². The molecular weight excluding hydrogens is 224 g/mol. The molecule has 15 heavy (non-hydrogen) atoms. The van der Waals surface area contributed by atoms with Crippen LogP contribution in [0, 0.1) is 0 Å². The second-order valence-corrected chi connectivity index (χ2v) is 5.92. The molecular formula is C11H18N2S2. The van der Waals surface area contributed by atoms with Crippen molar-refractivity contribution in [1.82, 2.24) is 10.3 Å². The third-order valence-electron chi connectivity index (χ3n) is 2.56. The Morgan fingerprint density at radius 2 is 2.60 bits per heavy atom. The molecule has 0 unspecified atom stereocenters. The van der Waals surface area contributed by atoms with E-state index in [1.165, 1.54) is 35.7 Å². The molecule has 1 aliphatic rings. The fourth-order valence-corrected chi connectivity index (χ4v) is 3.62. The van der Waals surface area contributed by atoms with Gasteiger partial charge in [0.05, 0.1) is 11.7 Å². The lowest BCUT2D eigenvalue weighted by molar-refractivity contribution is 0.630. The number of nitrogens with zero attached hydrogens (tertiary/aromatic N) is 1. The highest BCUT2D eigenvalue weighted by Gasteiger charge is 2.18. The molecule has 0 saturated carbocycles. The minimum absolute atomic E-state index is 0.533. The van der Waals surface area contributed by atoms with Gasteiger partial charge in [0.25, 0.3) is 0 Å². The molecule has 1 fully saturated rings. The lowest BCUT2D eigenvalue weighted by Crippen LogP contribution is -2.13. The largest absolute Gasteiger partial charge is 0.309 e. The molecule has 1 aliphatic heterocycles. The summed E-state index contributed by atoms with van der Waals surface area (Å²) in [5.74, 6) is 2.34. The number of rotatable bonds is 5. The molecule has 0 aromatic carbocycles. The van der Waals surface area contributed by atoms with Gasteiger partial charge in [0.2, 0.25) is 0 Å². The van der Waals surface area contributed by atoms with Crippen LogP contribution in [0.15, 0.2) is 5.38 Å². The summed E-state index contributed by atoms with van der Waals surface area (Å²) in [6, 6.07) is 0.533. The predicted molar refractivity (Wildman–Crippen MR) is 68.5 cm³/mol. The topological polar surface area (TPSA) is 24.9 Å². The van der Waals surface area contributed by atoms with Crippen LogP contribution in [0.25, 0.3) is 0 Å². The lowest BCUT2D eigenvalue weighted by atomic mass is 10.2. The maximum atomic E-state index is 4.70. The molecule has 0 amide bonds. The Hall–Kier alpha value is -0.0600. The summed E-state index contributed by atoms with van der Waals surface area (Å²) in [4.78, 5) is 4.70. The minimum Gasteiger partial charge on any atom is -0.309 e. The number of hydrogen-bond acceptors (Lipinski definition) is 4. The highest BCUT2D eigenvalue weighted by Crippen LogP contribution is 2.26. The molecule has 1 aromatic heterocycles. The van der Waals surface area contributed by atoms with E-state index in [1.54, 1.807) is 0 Å². The average Bonchev–Trinajstić information content (AvgIpc) is 2.87. The van der Waals surface area contributed by atoms with E-state index < -0.39 is 0 Å². The fraction of sp³-hybridized carbons (Fsp3) is 0.727. The summed E-state index contributed by atoms with van der Waals surface area (Å²) in [5, 5.41) is 7.01. The molecule has 0 aliphatic carbocycles. The molecule has 1 N–H and O–H groups in total. The first-order valence-electron chi connectivity index (χ1n) is 5.65. The molecule has 1 saturated heterocycles. The molecule has 2 rings (SSSR count). The van der Waals surface area contributed by atoms with Crippen molar-refractivity contribution >= 4 is 23.1 Å². The van der Waals surface area contributed by atoms with Crippen LogP contribution in [0.2, 0.25) is 0 Å². The van der Waals surface area contributed by atoms with Crippen molar-refractivity contribution in [2.45, 2.75) is 38.0 Å². The standard InChI is InChI=1S/C11H18N2S2/c1-2-6-14-8-11-13-10(7-15-11)9-4-3-5-12-9/h7,9,12H,2-6,8H2,1H3/t9-/m0/s1. The van der Waals surface area contributed by atoms with E-state index in [1.807, 2.05) is 23.1 Å². The van der Waals surface area contributed by atoms with Crippen LogP contribution < -0.4 is 5.32 Å². The zero-order valence-electron chi connectivity index (χ0n) is 9.16. The Kier molecular flexibility index (Phi) is 4.47. The maximum absolute atomic E-state index is 4.70. The van der Waals surface area contributed by atoms with Gasteiger partial charge in [0, 0.05) is 11.1 Å². The van der Waals surface area contributed by atoms with Crippen LogP contribution in [-0.2, 0) is 5.75 Å². The van der Waals surface area contributed by atoms with Crippen molar-refractivity contribution in [1.29, 1.82) is 0 Å². The van der Waals surface area contributed by atoms with Crippen LogP contribution in [0.3, 0.4) is 0 Å². The van der Waals surface area contributed by atoms with E-state index in [4.69, 9.17) is 4.98 Å². The fourth-order valence-electron chi connectivity index (χ4n) is 1.79. The van der Waals surface area contributed by atoms with Gasteiger partial charge in [-0.3, -0.25) is 0 Å². The Balaban J connectivity index is 1.86. The van der Waals surface area contributed by atoms with Crippen LogP contribution >= 0.6 is 23.1 Å². The third-order valence-corrected chi connectivity index (χ3v) is 4.79. The number of thiazole rings is 1. The summed E-state index contributed by atoms with van der Waals surface area (Å²) < 4.78 is 0. The Morgan fingerprint density at radius 3 is 3.33 bits per heavy atom. The number of hydrogen-bond donors (Lipinski definition) is 1. The highest BCUT2D eigenvalue weighted by molar-refractivity contribution is 7.98. The quantitative estimate of drug-likeness (QED) is 0.803. The van der Waals surface area contributed by atoms with Crippen molar-refractivity contribution in [3.8, 4) is 0 Å². The Bertz CT molecular complexity index is 293. The predicted octanol–water partition coefficient (Wildman–Crippen LogP) is 3.21. The van der Waals surface area contributed by atoms with Gasteiger partial charge in [-0.15, -0.1) is 11.3 Å². The SMILES string of the molecule is CCCSCc1nc([C@@H]2CCCN2)cs1. The first-order valence-corrected chi connectivity index (χ1v) is 7.69. The zero-order valence-corrected chi connectivity index (χ0v) is 10.8. The Labute approximate surface area is 99.9 Å². The van der Waals surface area contributed by atoms with E-state index in [-0.39, 0.29) is 0 Å². The van der Waals surface area contributed by atoms with Crippen molar-refractivity contribution in [2.75, 3.05) is 12.3 Å². The smallest absolute Gasteiger partial charge is 0.103 e. The van der Waals surface area contributed by atoms with Crippen molar-refractivity contribution in [3.05, 3.63) is 16.1 Å². The minimum atomic E-state index is 0.533. The van der Waals surface area contributed by atoms with E-state index in [2.05, 4.69) is 17.6 Å². The monoisotopic (exact) mass is 242 g/mol. The molecule has 4 heteroatoms. The molecule has 1 aromatic rings.